The fourth-order valence-electron chi connectivity index (χ4n) is 1.97. The summed E-state index contributed by atoms with van der Waals surface area (Å²) in [7, 11) is -7.52. The summed E-state index contributed by atoms with van der Waals surface area (Å²) in [5.74, 6) is -1.09. The van der Waals surface area contributed by atoms with Gasteiger partial charge in [-0.1, -0.05) is 13.8 Å². The quantitative estimate of drug-likeness (QED) is 0.537. The maximum Gasteiger partial charge on any atom is 0.240 e. The van der Waals surface area contributed by atoms with Crippen molar-refractivity contribution in [3.63, 3.8) is 0 Å². The smallest absolute Gasteiger partial charge is 0.240 e. The van der Waals surface area contributed by atoms with Crippen LogP contribution in [0.5, 0.6) is 0 Å². The lowest BCUT2D eigenvalue weighted by molar-refractivity contribution is 0.535. The van der Waals surface area contributed by atoms with Gasteiger partial charge in [-0.05, 0) is 38.1 Å². The van der Waals surface area contributed by atoms with Gasteiger partial charge in [-0.3, -0.25) is 4.72 Å². The average Bonchev–Trinajstić information content (AvgIpc) is 2.47. The zero-order chi connectivity index (χ0) is 18.4. The number of rotatable bonds is 10. The highest BCUT2D eigenvalue weighted by molar-refractivity contribution is 7.92. The van der Waals surface area contributed by atoms with Crippen molar-refractivity contribution in [2.75, 3.05) is 23.6 Å². The zero-order valence-corrected chi connectivity index (χ0v) is 16.8. The van der Waals surface area contributed by atoms with Crippen molar-refractivity contribution in [1.29, 1.82) is 0 Å². The largest absolute Gasteiger partial charge is 0.313 e. The van der Waals surface area contributed by atoms with Crippen molar-refractivity contribution < 1.29 is 21.2 Å². The van der Waals surface area contributed by atoms with Gasteiger partial charge in [-0.25, -0.2) is 25.9 Å². The van der Waals surface area contributed by atoms with Crippen LogP contribution in [0.4, 0.5) is 10.1 Å². The third-order valence-electron chi connectivity index (χ3n) is 3.12. The van der Waals surface area contributed by atoms with Crippen molar-refractivity contribution in [3.05, 3.63) is 24.0 Å². The fraction of sp³-hybridized carbons (Fsp3) is 0.571. The molecular weight excluding hydrogens is 393 g/mol. The van der Waals surface area contributed by atoms with E-state index in [0.717, 1.165) is 18.2 Å². The maximum absolute atomic E-state index is 14.0. The molecule has 0 aliphatic carbocycles. The lowest BCUT2D eigenvalue weighted by Gasteiger charge is -2.14. The molecule has 0 saturated heterocycles. The predicted octanol–water partition coefficient (Wildman–Crippen LogP) is 1.68. The van der Waals surface area contributed by atoms with Crippen molar-refractivity contribution in [2.45, 2.75) is 38.1 Å². The number of sulfonamides is 2. The summed E-state index contributed by atoms with van der Waals surface area (Å²) >= 11 is 0. The zero-order valence-electron chi connectivity index (χ0n) is 14.4. The Hall–Kier alpha value is -0.940. The molecular formula is C14H25ClFN3O4S2. The normalized spacial score (nSPS) is 13.1. The molecule has 1 atom stereocenters. The molecule has 1 aromatic rings. The van der Waals surface area contributed by atoms with Gasteiger partial charge in [0.15, 0.2) is 0 Å². The second-order valence-electron chi connectivity index (χ2n) is 5.37. The van der Waals surface area contributed by atoms with Crippen molar-refractivity contribution >= 4 is 38.1 Å². The molecule has 7 nitrogen and oxygen atoms in total. The van der Waals surface area contributed by atoms with E-state index in [1.807, 2.05) is 13.8 Å². The Morgan fingerprint density at radius 3 is 2.32 bits per heavy atom. The molecule has 0 heterocycles. The summed E-state index contributed by atoms with van der Waals surface area (Å²) in [6, 6.07) is 2.98. The Bertz CT molecular complexity index is 757. The van der Waals surface area contributed by atoms with E-state index in [2.05, 4.69) is 14.8 Å². The van der Waals surface area contributed by atoms with E-state index < -0.39 is 25.9 Å². The first kappa shape index (κ1) is 24.1. The molecule has 146 valence electrons. The average molecular weight is 418 g/mol. The van der Waals surface area contributed by atoms with Gasteiger partial charge < -0.3 is 5.32 Å². The molecule has 0 aliphatic heterocycles. The highest BCUT2D eigenvalue weighted by Crippen LogP contribution is 2.20. The summed E-state index contributed by atoms with van der Waals surface area (Å²) in [4.78, 5) is -0.262. The van der Waals surface area contributed by atoms with Crippen LogP contribution < -0.4 is 14.8 Å². The van der Waals surface area contributed by atoms with Crippen LogP contribution in [-0.2, 0) is 20.0 Å². The molecule has 0 aliphatic rings. The van der Waals surface area contributed by atoms with Gasteiger partial charge in [-0.2, -0.15) is 0 Å². The lowest BCUT2D eigenvalue weighted by Crippen LogP contribution is -2.38. The van der Waals surface area contributed by atoms with Gasteiger partial charge in [-0.15, -0.1) is 12.4 Å². The van der Waals surface area contributed by atoms with Gasteiger partial charge in [0.1, 0.15) is 5.82 Å². The summed E-state index contributed by atoms with van der Waals surface area (Å²) in [5, 5.41) is 3.05. The number of likely N-dealkylation sites (N-methyl/N-ethyl adjacent to an activating group) is 1. The highest BCUT2D eigenvalue weighted by Gasteiger charge is 2.19. The second kappa shape index (κ2) is 10.3. The highest BCUT2D eigenvalue weighted by atomic mass is 35.5. The van der Waals surface area contributed by atoms with Crippen LogP contribution in [0.1, 0.15) is 27.2 Å². The topological polar surface area (TPSA) is 104 Å². The monoisotopic (exact) mass is 417 g/mol. The molecule has 1 rings (SSSR count). The standard InChI is InChI=1S/C14H24FN3O4S2.ClH/c1-4-8-23(19,20)18-14-7-6-12(9-13(14)15)24(21,22)17-10-11(3)16-5-2;/h6-7,9,11,16-18H,4-5,8,10H2,1-3H3;1H/t11-;/m1./s1. The molecule has 0 spiro atoms. The summed E-state index contributed by atoms with van der Waals surface area (Å²) < 4.78 is 66.1. The number of hydrogen-bond acceptors (Lipinski definition) is 5. The van der Waals surface area contributed by atoms with Gasteiger partial charge in [0.2, 0.25) is 20.0 Å². The predicted molar refractivity (Wildman–Crippen MR) is 99.7 cm³/mol. The molecule has 0 unspecified atom stereocenters. The van der Waals surface area contributed by atoms with Crippen molar-refractivity contribution in [1.82, 2.24) is 10.0 Å². The van der Waals surface area contributed by atoms with E-state index in [-0.39, 0.29) is 41.3 Å². The minimum absolute atomic E-state index is 0. The Kier molecular flexibility index (Phi) is 9.88. The molecule has 0 aromatic heterocycles. The van der Waals surface area contributed by atoms with E-state index in [9.17, 15) is 21.2 Å². The fourth-order valence-corrected chi connectivity index (χ4v) is 4.25. The SMILES string of the molecule is CCCS(=O)(=O)Nc1ccc(S(=O)(=O)NC[C@@H](C)NCC)cc1F.Cl. The Morgan fingerprint density at radius 2 is 1.80 bits per heavy atom. The summed E-state index contributed by atoms with van der Waals surface area (Å²) in [6.45, 7) is 6.26. The molecule has 11 heteroatoms. The first-order chi connectivity index (χ1) is 11.1. The Labute approximate surface area is 155 Å². The molecule has 0 bridgehead atoms. The Morgan fingerprint density at radius 1 is 1.16 bits per heavy atom. The van der Waals surface area contributed by atoms with Crippen molar-refractivity contribution in [3.8, 4) is 0 Å². The molecule has 0 saturated carbocycles. The number of nitrogens with one attached hydrogen (secondary N) is 3. The molecule has 0 fully saturated rings. The van der Waals surface area contributed by atoms with Crippen LogP contribution in [0.3, 0.4) is 0 Å². The second-order valence-corrected chi connectivity index (χ2v) is 8.98. The molecule has 3 N–H and O–H groups in total. The van der Waals surface area contributed by atoms with E-state index in [4.69, 9.17) is 0 Å². The van der Waals surface area contributed by atoms with E-state index in [0.29, 0.717) is 13.0 Å². The van der Waals surface area contributed by atoms with Gasteiger partial charge in [0.25, 0.3) is 0 Å². The number of anilines is 1. The van der Waals surface area contributed by atoms with Gasteiger partial charge >= 0.3 is 0 Å². The first-order valence-electron chi connectivity index (χ1n) is 7.64. The lowest BCUT2D eigenvalue weighted by atomic mass is 10.3. The van der Waals surface area contributed by atoms with Gasteiger partial charge in [0, 0.05) is 12.6 Å². The molecule has 0 amide bonds. The van der Waals surface area contributed by atoms with Crippen LogP contribution in [0, 0.1) is 5.82 Å². The minimum Gasteiger partial charge on any atom is -0.313 e. The van der Waals surface area contributed by atoms with E-state index in [1.165, 1.54) is 0 Å². The maximum atomic E-state index is 14.0. The first-order valence-corrected chi connectivity index (χ1v) is 10.8. The molecule has 1 aromatic carbocycles. The third kappa shape index (κ3) is 7.87. The molecule has 25 heavy (non-hydrogen) atoms. The number of halogens is 2. The van der Waals surface area contributed by atoms with E-state index >= 15 is 0 Å². The van der Waals surface area contributed by atoms with Crippen LogP contribution in [0.15, 0.2) is 23.1 Å². The van der Waals surface area contributed by atoms with E-state index in [1.54, 1.807) is 6.92 Å². The minimum atomic E-state index is -3.87. The Balaban J connectivity index is 0.00000576. The van der Waals surface area contributed by atoms with Crippen LogP contribution >= 0.6 is 12.4 Å². The van der Waals surface area contributed by atoms with Crippen molar-refractivity contribution in [2.24, 2.45) is 0 Å². The summed E-state index contributed by atoms with van der Waals surface area (Å²) in [5.41, 5.74) is -0.275. The third-order valence-corrected chi connectivity index (χ3v) is 6.02. The van der Waals surface area contributed by atoms with Crippen LogP contribution in [-0.4, -0.2) is 41.7 Å². The van der Waals surface area contributed by atoms with Crippen LogP contribution in [0.25, 0.3) is 0 Å². The van der Waals surface area contributed by atoms with Gasteiger partial charge in [0.05, 0.1) is 16.3 Å². The summed E-state index contributed by atoms with van der Waals surface area (Å²) in [6.07, 6.45) is 0.386. The molecule has 0 radical (unpaired) electrons. The van der Waals surface area contributed by atoms with Crippen LogP contribution in [0.2, 0.25) is 0 Å². The number of benzene rings is 1. The number of hydrogen-bond donors (Lipinski definition) is 3.